The molecule has 1 heteroatoms. The lowest BCUT2D eigenvalue weighted by Crippen LogP contribution is -1.87. The molecule has 0 bridgehead atoms. The van der Waals surface area contributed by atoms with E-state index < -0.39 is 0 Å². The van der Waals surface area contributed by atoms with Gasteiger partial charge in [0.2, 0.25) is 0 Å². The fraction of sp³-hybridized carbons (Fsp3) is 0.429. The molecule has 0 aromatic carbocycles. The zero-order valence-electron chi connectivity index (χ0n) is 5.52. The number of hydrogen-bond donors (Lipinski definition) is 0. The van der Waals surface area contributed by atoms with Crippen molar-refractivity contribution in [3.05, 3.63) is 12.7 Å². The van der Waals surface area contributed by atoms with Gasteiger partial charge in [-0.15, -0.1) is 11.2 Å². The Hall–Kier alpha value is -0.810. The molecule has 44 valence electrons. The van der Waals surface area contributed by atoms with Crippen LogP contribution in [0, 0.1) is 0 Å². The third kappa shape index (κ3) is 5.19. The van der Waals surface area contributed by atoms with E-state index in [4.69, 9.17) is 0 Å². The fourth-order valence-electron chi connectivity index (χ4n) is 0.310. The third-order valence-electron chi connectivity index (χ3n) is 0.622. The van der Waals surface area contributed by atoms with Gasteiger partial charge in [0.15, 0.2) is 0 Å². The van der Waals surface area contributed by atoms with Gasteiger partial charge in [-0.3, -0.25) is 0 Å². The van der Waals surface area contributed by atoms with Gasteiger partial charge in [0.05, 0.1) is 6.42 Å². The van der Waals surface area contributed by atoms with Crippen LogP contribution in [0.5, 0.6) is 0 Å². The Balaban J connectivity index is 3.63. The molecule has 0 aromatic heterocycles. The number of rotatable bonds is 2. The highest BCUT2D eigenvalue weighted by molar-refractivity contribution is 5.81. The zero-order chi connectivity index (χ0) is 6.41. The van der Waals surface area contributed by atoms with E-state index in [9.17, 15) is 0 Å². The molecule has 0 unspecified atom stereocenters. The summed E-state index contributed by atoms with van der Waals surface area (Å²) in [5.41, 5.74) is 1.09. The van der Waals surface area contributed by atoms with Crippen LogP contribution in [-0.2, 0) is 0 Å². The topological polar surface area (TPSA) is 14.1 Å². The molecule has 0 saturated carbocycles. The lowest BCUT2D eigenvalue weighted by Gasteiger charge is -1.61. The first-order chi connectivity index (χ1) is 3.77. The van der Waals surface area contributed by atoms with Crippen LogP contribution >= 0.6 is 0 Å². The maximum Gasteiger partial charge on any atom is 0.274 e. The number of allylic oxidation sites excluding steroid dienone is 1. The van der Waals surface area contributed by atoms with Gasteiger partial charge in [-0.2, -0.15) is 0 Å². The van der Waals surface area contributed by atoms with E-state index in [1.54, 1.807) is 0 Å². The van der Waals surface area contributed by atoms with Crippen molar-refractivity contribution in [1.82, 2.24) is 4.67 Å². The molecule has 0 saturated heterocycles. The van der Waals surface area contributed by atoms with Crippen molar-refractivity contribution >= 4 is 11.9 Å². The highest BCUT2D eigenvalue weighted by Gasteiger charge is 1.82. The van der Waals surface area contributed by atoms with Gasteiger partial charge < -0.3 is 0 Å². The van der Waals surface area contributed by atoms with E-state index in [2.05, 4.69) is 11.2 Å². The van der Waals surface area contributed by atoms with Crippen molar-refractivity contribution in [3.8, 4) is 0 Å². The smallest absolute Gasteiger partial charge is 0.107 e. The molecular weight excluding hydrogens is 98.1 g/mol. The normalized spacial score (nSPS) is 7.25. The van der Waals surface area contributed by atoms with Crippen LogP contribution in [0.25, 0.3) is 0 Å². The summed E-state index contributed by atoms with van der Waals surface area (Å²) in [5.74, 6) is 0. The van der Waals surface area contributed by atoms with E-state index in [-0.39, 0.29) is 0 Å². The quantitative estimate of drug-likeness (QED) is 0.288. The molecule has 8 heavy (non-hydrogen) atoms. The largest absolute Gasteiger partial charge is 0.274 e. The Morgan fingerprint density at radius 3 is 2.62 bits per heavy atom. The number of hydrogen-bond acceptors (Lipinski definition) is 0. The Kier molecular flexibility index (Phi) is 3.91. The lowest BCUT2D eigenvalue weighted by atomic mass is 10.4. The Morgan fingerprint density at radius 2 is 2.25 bits per heavy atom. The average molecular weight is 110 g/mol. The van der Waals surface area contributed by atoms with E-state index >= 15 is 0 Å². The molecule has 0 atom stereocenters. The standard InChI is InChI=1S/C7H12N/c1-4-5-6-8-7(2)3/h4,6H,1,5H2,2-3H3/q+1. The van der Waals surface area contributed by atoms with Crippen molar-refractivity contribution in [3.63, 3.8) is 0 Å². The molecule has 0 spiro atoms. The van der Waals surface area contributed by atoms with Gasteiger partial charge in [-0.1, -0.05) is 6.08 Å². The summed E-state index contributed by atoms with van der Waals surface area (Å²) in [7, 11) is 0. The van der Waals surface area contributed by atoms with Crippen LogP contribution in [-0.4, -0.2) is 11.9 Å². The van der Waals surface area contributed by atoms with E-state index in [0.29, 0.717) is 0 Å². The molecule has 0 amide bonds. The summed E-state index contributed by atoms with van der Waals surface area (Å²) in [6.07, 6.45) is 4.54. The summed E-state index contributed by atoms with van der Waals surface area (Å²) in [6, 6.07) is 0. The molecule has 1 nitrogen and oxygen atoms in total. The minimum Gasteiger partial charge on any atom is -0.107 e. The molecule has 0 aliphatic rings. The minimum absolute atomic E-state index is 0.866. The maximum absolute atomic E-state index is 4.03. The van der Waals surface area contributed by atoms with Crippen molar-refractivity contribution in [1.29, 1.82) is 0 Å². The monoisotopic (exact) mass is 110 g/mol. The SMILES string of the molecule is C=CCC=[N+]=C(C)C. The van der Waals surface area contributed by atoms with Gasteiger partial charge in [0.1, 0.15) is 0 Å². The van der Waals surface area contributed by atoms with Crippen LogP contribution in [0.1, 0.15) is 20.3 Å². The zero-order valence-corrected chi connectivity index (χ0v) is 5.52. The van der Waals surface area contributed by atoms with Crippen LogP contribution in [0.4, 0.5) is 0 Å². The van der Waals surface area contributed by atoms with Crippen molar-refractivity contribution in [2.24, 2.45) is 0 Å². The van der Waals surface area contributed by atoms with Crippen LogP contribution < -0.4 is 4.67 Å². The van der Waals surface area contributed by atoms with Gasteiger partial charge in [-0.25, -0.2) is 0 Å². The van der Waals surface area contributed by atoms with E-state index in [1.807, 2.05) is 26.1 Å². The molecule has 0 N–H and O–H groups in total. The molecule has 0 fully saturated rings. The molecular formula is C7H12N+. The summed E-state index contributed by atoms with van der Waals surface area (Å²) < 4.78 is 4.03. The predicted molar refractivity (Wildman–Crippen MR) is 39.4 cm³/mol. The maximum atomic E-state index is 4.03. The molecule has 0 aliphatic carbocycles. The first-order valence-electron chi connectivity index (χ1n) is 2.71. The second kappa shape index (κ2) is 4.35. The highest BCUT2D eigenvalue weighted by Crippen LogP contribution is 1.66. The molecule has 0 rings (SSSR count). The van der Waals surface area contributed by atoms with Gasteiger partial charge in [-0.05, 0) is 0 Å². The van der Waals surface area contributed by atoms with Crippen LogP contribution in [0.3, 0.4) is 0 Å². The van der Waals surface area contributed by atoms with Gasteiger partial charge in [0.25, 0.3) is 11.9 Å². The van der Waals surface area contributed by atoms with E-state index in [1.165, 1.54) is 0 Å². The van der Waals surface area contributed by atoms with Crippen molar-refractivity contribution in [2.75, 3.05) is 0 Å². The van der Waals surface area contributed by atoms with Crippen molar-refractivity contribution in [2.45, 2.75) is 20.3 Å². The summed E-state index contributed by atoms with van der Waals surface area (Å²) in [6.45, 7) is 7.50. The second-order valence-corrected chi connectivity index (χ2v) is 1.78. The lowest BCUT2D eigenvalue weighted by molar-refractivity contribution is 1.47. The van der Waals surface area contributed by atoms with Gasteiger partial charge in [0, 0.05) is 13.8 Å². The third-order valence-corrected chi connectivity index (χ3v) is 0.622. The number of nitrogens with zero attached hydrogens (tertiary/aromatic N) is 1. The minimum atomic E-state index is 0.866. The second-order valence-electron chi connectivity index (χ2n) is 1.78. The first kappa shape index (κ1) is 7.19. The molecule has 0 heterocycles. The molecule has 0 aliphatic heterocycles. The Labute approximate surface area is 50.5 Å². The van der Waals surface area contributed by atoms with Crippen LogP contribution in [0.15, 0.2) is 12.7 Å². The molecule has 0 aromatic rings. The summed E-state index contributed by atoms with van der Waals surface area (Å²) >= 11 is 0. The van der Waals surface area contributed by atoms with E-state index in [0.717, 1.165) is 12.1 Å². The Morgan fingerprint density at radius 1 is 1.62 bits per heavy atom. The first-order valence-corrected chi connectivity index (χ1v) is 2.71. The summed E-state index contributed by atoms with van der Waals surface area (Å²) in [4.78, 5) is 0. The van der Waals surface area contributed by atoms with Crippen LogP contribution in [0.2, 0.25) is 0 Å². The summed E-state index contributed by atoms with van der Waals surface area (Å²) in [5, 5.41) is 0. The predicted octanol–water partition coefficient (Wildman–Crippen LogP) is 1.18. The average Bonchev–Trinajstić information content (AvgIpc) is 1.66. The molecule has 0 radical (unpaired) electrons. The Bertz CT molecular complexity index is 123. The van der Waals surface area contributed by atoms with Gasteiger partial charge >= 0.3 is 0 Å². The fourth-order valence-corrected chi connectivity index (χ4v) is 0.310. The van der Waals surface area contributed by atoms with Crippen molar-refractivity contribution < 1.29 is 0 Å². The highest BCUT2D eigenvalue weighted by atomic mass is 14.5.